The van der Waals surface area contributed by atoms with Crippen LogP contribution in [0.15, 0.2) is 46.7 Å². The van der Waals surface area contributed by atoms with Crippen LogP contribution in [0.3, 0.4) is 0 Å². The number of para-hydroxylation sites is 1. The molecule has 4 aromatic rings. The fraction of sp³-hybridized carbons (Fsp3) is 0.167. The van der Waals surface area contributed by atoms with E-state index >= 15 is 0 Å². The molecule has 7 heteroatoms. The third-order valence-electron chi connectivity index (χ3n) is 4.19. The molecule has 0 bridgehead atoms. The molecule has 0 saturated heterocycles. The number of carbonyl (C=O) groups is 1. The van der Waals surface area contributed by atoms with Gasteiger partial charge in [0.25, 0.3) is 5.56 Å². The molecule has 6 nitrogen and oxygen atoms in total. The van der Waals surface area contributed by atoms with Crippen molar-refractivity contribution in [3.05, 3.63) is 63.7 Å². The number of aromatic nitrogens is 3. The lowest BCUT2D eigenvalue weighted by atomic mass is 10.1. The van der Waals surface area contributed by atoms with Gasteiger partial charge in [0.1, 0.15) is 10.5 Å². The molecule has 1 amide bonds. The molecule has 1 aromatic carbocycles. The standard InChI is InChI=1S/C18H16N4O2S/c1-22(10-15-20-14-6-7-25-17(14)18(24)21-15)16(23)8-11-9-19-13-5-3-2-4-12(11)13/h2-7,9,19H,8,10H2,1H3,(H,20,21,24). The first kappa shape index (κ1) is 15.6. The van der Waals surface area contributed by atoms with E-state index in [4.69, 9.17) is 0 Å². The predicted molar refractivity (Wildman–Crippen MR) is 98.7 cm³/mol. The molecule has 0 unspecified atom stereocenters. The van der Waals surface area contributed by atoms with Crippen LogP contribution in [0.1, 0.15) is 11.4 Å². The van der Waals surface area contributed by atoms with Crippen LogP contribution in [0.5, 0.6) is 0 Å². The Morgan fingerprint density at radius 1 is 1.28 bits per heavy atom. The van der Waals surface area contributed by atoms with Gasteiger partial charge in [0.05, 0.1) is 18.5 Å². The number of nitrogens with one attached hydrogen (secondary N) is 2. The molecule has 0 aliphatic carbocycles. The van der Waals surface area contributed by atoms with Crippen LogP contribution >= 0.6 is 11.3 Å². The summed E-state index contributed by atoms with van der Waals surface area (Å²) in [5.41, 5.74) is 2.48. The smallest absolute Gasteiger partial charge is 0.268 e. The molecule has 0 radical (unpaired) electrons. The van der Waals surface area contributed by atoms with E-state index in [1.807, 2.05) is 41.9 Å². The predicted octanol–water partition coefficient (Wildman–Crippen LogP) is 2.67. The lowest BCUT2D eigenvalue weighted by Crippen LogP contribution is -2.29. The maximum atomic E-state index is 12.6. The van der Waals surface area contributed by atoms with E-state index in [-0.39, 0.29) is 18.0 Å². The number of H-pyrrole nitrogens is 2. The second-order valence-electron chi connectivity index (χ2n) is 5.93. The van der Waals surface area contributed by atoms with E-state index in [1.165, 1.54) is 11.3 Å². The number of likely N-dealkylation sites (N-methyl/N-ethyl adjacent to an activating group) is 1. The molecule has 25 heavy (non-hydrogen) atoms. The largest absolute Gasteiger partial charge is 0.361 e. The highest BCUT2D eigenvalue weighted by Gasteiger charge is 2.15. The Hall–Kier alpha value is -2.93. The summed E-state index contributed by atoms with van der Waals surface area (Å²) >= 11 is 1.36. The summed E-state index contributed by atoms with van der Waals surface area (Å²) in [5, 5.41) is 2.89. The van der Waals surface area contributed by atoms with E-state index < -0.39 is 0 Å². The first-order chi connectivity index (χ1) is 12.1. The van der Waals surface area contributed by atoms with Crippen molar-refractivity contribution in [2.45, 2.75) is 13.0 Å². The highest BCUT2D eigenvalue weighted by molar-refractivity contribution is 7.17. The molecule has 3 heterocycles. The fourth-order valence-corrected chi connectivity index (χ4v) is 3.61. The van der Waals surface area contributed by atoms with Gasteiger partial charge in [-0.3, -0.25) is 9.59 Å². The highest BCUT2D eigenvalue weighted by Crippen LogP contribution is 2.19. The number of carbonyl (C=O) groups excluding carboxylic acids is 1. The first-order valence-electron chi connectivity index (χ1n) is 7.87. The van der Waals surface area contributed by atoms with Crippen LogP contribution in [-0.2, 0) is 17.8 Å². The lowest BCUT2D eigenvalue weighted by molar-refractivity contribution is -0.129. The summed E-state index contributed by atoms with van der Waals surface area (Å²) in [6.45, 7) is 0.266. The van der Waals surface area contributed by atoms with E-state index in [2.05, 4.69) is 15.0 Å². The van der Waals surface area contributed by atoms with Gasteiger partial charge in [-0.25, -0.2) is 4.98 Å². The molecule has 0 aliphatic rings. The highest BCUT2D eigenvalue weighted by atomic mass is 32.1. The van der Waals surface area contributed by atoms with Crippen LogP contribution in [0.4, 0.5) is 0 Å². The van der Waals surface area contributed by atoms with Crippen molar-refractivity contribution >= 4 is 38.4 Å². The summed E-state index contributed by atoms with van der Waals surface area (Å²) in [4.78, 5) is 36.5. The zero-order chi connectivity index (χ0) is 17.4. The van der Waals surface area contributed by atoms with Crippen molar-refractivity contribution in [3.8, 4) is 0 Å². The van der Waals surface area contributed by atoms with Crippen molar-refractivity contribution in [1.82, 2.24) is 19.9 Å². The quantitative estimate of drug-likeness (QED) is 0.592. The Kier molecular flexibility index (Phi) is 3.85. The van der Waals surface area contributed by atoms with Crippen molar-refractivity contribution < 1.29 is 4.79 Å². The van der Waals surface area contributed by atoms with Crippen LogP contribution in [0.2, 0.25) is 0 Å². The SMILES string of the molecule is CN(Cc1nc2ccsc2c(=O)[nH]1)C(=O)Cc1c[nH]c2ccccc12. The summed E-state index contributed by atoms with van der Waals surface area (Å²) in [6, 6.07) is 9.71. The average Bonchev–Trinajstić information content (AvgIpc) is 3.22. The molecular formula is C18H16N4O2S. The van der Waals surface area contributed by atoms with E-state index in [0.717, 1.165) is 16.5 Å². The number of hydrogen-bond donors (Lipinski definition) is 2. The molecule has 126 valence electrons. The number of benzene rings is 1. The fourth-order valence-electron chi connectivity index (χ4n) is 2.89. The number of amides is 1. The minimum atomic E-state index is -0.160. The lowest BCUT2D eigenvalue weighted by Gasteiger charge is -2.16. The molecular weight excluding hydrogens is 336 g/mol. The van der Waals surface area contributed by atoms with Gasteiger partial charge >= 0.3 is 0 Å². The molecule has 3 aromatic heterocycles. The van der Waals surface area contributed by atoms with Crippen LogP contribution < -0.4 is 5.56 Å². The zero-order valence-electron chi connectivity index (χ0n) is 13.6. The molecule has 0 saturated carbocycles. The van der Waals surface area contributed by atoms with E-state index in [1.54, 1.807) is 11.9 Å². The summed E-state index contributed by atoms with van der Waals surface area (Å²) < 4.78 is 0.608. The molecule has 2 N–H and O–H groups in total. The normalized spacial score (nSPS) is 11.2. The van der Waals surface area contributed by atoms with Crippen LogP contribution in [-0.4, -0.2) is 32.8 Å². The summed E-state index contributed by atoms with van der Waals surface area (Å²) in [6.07, 6.45) is 2.17. The minimum absolute atomic E-state index is 0.0298. The van der Waals surface area contributed by atoms with Gasteiger partial charge in [0.15, 0.2) is 0 Å². The Morgan fingerprint density at radius 2 is 2.12 bits per heavy atom. The van der Waals surface area contributed by atoms with Gasteiger partial charge < -0.3 is 14.9 Å². The van der Waals surface area contributed by atoms with Gasteiger partial charge in [-0.05, 0) is 23.1 Å². The van der Waals surface area contributed by atoms with Gasteiger partial charge in [0, 0.05) is 24.1 Å². The zero-order valence-corrected chi connectivity index (χ0v) is 14.4. The van der Waals surface area contributed by atoms with Gasteiger partial charge in [-0.15, -0.1) is 11.3 Å². The second kappa shape index (κ2) is 6.18. The Balaban J connectivity index is 1.52. The summed E-state index contributed by atoms with van der Waals surface area (Å²) in [7, 11) is 1.72. The molecule has 0 aliphatic heterocycles. The number of nitrogens with zero attached hydrogens (tertiary/aromatic N) is 2. The minimum Gasteiger partial charge on any atom is -0.361 e. The van der Waals surface area contributed by atoms with Crippen molar-refractivity contribution in [1.29, 1.82) is 0 Å². The molecule has 4 rings (SSSR count). The maximum absolute atomic E-state index is 12.6. The topological polar surface area (TPSA) is 81.8 Å². The Labute approximate surface area is 147 Å². The van der Waals surface area contributed by atoms with Crippen molar-refractivity contribution in [2.24, 2.45) is 0 Å². The van der Waals surface area contributed by atoms with E-state index in [0.29, 0.717) is 22.5 Å². The third kappa shape index (κ3) is 2.94. The number of aromatic amines is 2. The van der Waals surface area contributed by atoms with Crippen molar-refractivity contribution in [3.63, 3.8) is 0 Å². The van der Waals surface area contributed by atoms with Gasteiger partial charge in [0.2, 0.25) is 5.91 Å². The maximum Gasteiger partial charge on any atom is 0.268 e. The Morgan fingerprint density at radius 3 is 3.00 bits per heavy atom. The first-order valence-corrected chi connectivity index (χ1v) is 8.75. The number of thiophene rings is 1. The van der Waals surface area contributed by atoms with Crippen LogP contribution in [0, 0.1) is 0 Å². The molecule has 0 fully saturated rings. The monoisotopic (exact) mass is 352 g/mol. The van der Waals surface area contributed by atoms with Crippen molar-refractivity contribution in [2.75, 3.05) is 7.05 Å². The molecule has 0 spiro atoms. The van der Waals surface area contributed by atoms with Gasteiger partial charge in [-0.1, -0.05) is 18.2 Å². The number of fused-ring (bicyclic) bond motifs is 2. The number of hydrogen-bond acceptors (Lipinski definition) is 4. The number of rotatable bonds is 4. The molecule has 0 atom stereocenters. The average molecular weight is 352 g/mol. The summed E-state index contributed by atoms with van der Waals surface area (Å²) in [5.74, 6) is 0.462. The van der Waals surface area contributed by atoms with Crippen LogP contribution in [0.25, 0.3) is 21.1 Å². The van der Waals surface area contributed by atoms with Gasteiger partial charge in [-0.2, -0.15) is 0 Å². The second-order valence-corrected chi connectivity index (χ2v) is 6.85. The third-order valence-corrected chi connectivity index (χ3v) is 5.10. The Bertz CT molecular complexity index is 1120. The van der Waals surface area contributed by atoms with E-state index in [9.17, 15) is 9.59 Å².